The summed E-state index contributed by atoms with van der Waals surface area (Å²) in [5.74, 6) is -0.203. The van der Waals surface area contributed by atoms with Crippen LogP contribution in [0.4, 0.5) is 13.2 Å². The normalized spacial score (nSPS) is 13.3. The summed E-state index contributed by atoms with van der Waals surface area (Å²) >= 11 is 0. The van der Waals surface area contributed by atoms with Crippen LogP contribution in [0.15, 0.2) is 30.5 Å². The number of aromatic nitrogens is 2. The van der Waals surface area contributed by atoms with Gasteiger partial charge in [-0.25, -0.2) is 4.98 Å². The largest absolute Gasteiger partial charge is 0.493 e. The van der Waals surface area contributed by atoms with Crippen molar-refractivity contribution in [2.45, 2.75) is 38.9 Å². The van der Waals surface area contributed by atoms with Gasteiger partial charge in [-0.15, -0.1) is 0 Å². The van der Waals surface area contributed by atoms with Crippen molar-refractivity contribution in [3.8, 4) is 23.0 Å². The van der Waals surface area contributed by atoms with Gasteiger partial charge in [-0.1, -0.05) is 6.92 Å². The zero-order valence-corrected chi connectivity index (χ0v) is 15.8. The molecule has 0 saturated heterocycles. The number of ether oxygens (including phenoxy) is 2. The highest BCUT2D eigenvalue weighted by molar-refractivity contribution is 5.62. The summed E-state index contributed by atoms with van der Waals surface area (Å²) in [6, 6.07) is 5.47. The molecule has 0 aliphatic carbocycles. The molecular weight excluding hydrogens is 359 g/mol. The molecular formula is C19H24F3N3O2. The molecule has 1 heterocycles. The molecule has 0 aliphatic heterocycles. The number of hydrogen-bond acceptors (Lipinski definition) is 5. The summed E-state index contributed by atoms with van der Waals surface area (Å²) in [6.45, 7) is 5.78. The molecule has 0 radical (unpaired) electrons. The highest BCUT2D eigenvalue weighted by atomic mass is 19.4. The Morgan fingerprint density at radius 1 is 1.19 bits per heavy atom. The Balaban J connectivity index is 2.28. The van der Waals surface area contributed by atoms with Gasteiger partial charge >= 0.3 is 12.2 Å². The van der Waals surface area contributed by atoms with Crippen molar-refractivity contribution in [2.24, 2.45) is 11.7 Å². The molecule has 0 unspecified atom stereocenters. The van der Waals surface area contributed by atoms with Crippen molar-refractivity contribution in [2.75, 3.05) is 13.7 Å². The van der Waals surface area contributed by atoms with E-state index in [9.17, 15) is 13.2 Å². The van der Waals surface area contributed by atoms with E-state index in [0.29, 0.717) is 17.7 Å². The van der Waals surface area contributed by atoms with Gasteiger partial charge in [0.25, 0.3) is 0 Å². The van der Waals surface area contributed by atoms with Crippen LogP contribution in [0, 0.1) is 5.92 Å². The number of nitrogens with two attached hydrogens (primary N) is 1. The first-order valence-corrected chi connectivity index (χ1v) is 8.50. The predicted octanol–water partition coefficient (Wildman–Crippen LogP) is 4.31. The maximum Gasteiger partial charge on any atom is 0.419 e. The minimum atomic E-state index is -4.56. The third kappa shape index (κ3) is 6.09. The van der Waals surface area contributed by atoms with Gasteiger partial charge in [-0.2, -0.15) is 18.2 Å². The predicted molar refractivity (Wildman–Crippen MR) is 96.6 cm³/mol. The van der Waals surface area contributed by atoms with Gasteiger partial charge in [0.2, 0.25) is 0 Å². The van der Waals surface area contributed by atoms with Gasteiger partial charge in [-0.05, 0) is 50.5 Å². The molecule has 27 heavy (non-hydrogen) atoms. The summed E-state index contributed by atoms with van der Waals surface area (Å²) in [6.07, 6.45) is -2.50. The number of halogens is 3. The zero-order valence-electron chi connectivity index (χ0n) is 15.8. The fourth-order valence-corrected chi connectivity index (χ4v) is 2.83. The molecule has 0 fully saturated rings. The van der Waals surface area contributed by atoms with E-state index >= 15 is 0 Å². The lowest BCUT2D eigenvalue weighted by molar-refractivity contribution is -0.139. The minimum Gasteiger partial charge on any atom is -0.493 e. The number of hydrogen-bond donors (Lipinski definition) is 1. The molecule has 0 aliphatic rings. The first kappa shape index (κ1) is 21.0. The van der Waals surface area contributed by atoms with E-state index in [1.807, 2.05) is 20.8 Å². The molecule has 1 atom stereocenters. The Morgan fingerprint density at radius 3 is 2.48 bits per heavy atom. The molecule has 0 spiro atoms. The van der Waals surface area contributed by atoms with Crippen LogP contribution in [0.1, 0.15) is 32.8 Å². The smallest absolute Gasteiger partial charge is 0.419 e. The second-order valence-corrected chi connectivity index (χ2v) is 7.25. The average Bonchev–Trinajstić information content (AvgIpc) is 2.57. The monoisotopic (exact) mass is 383 g/mol. The van der Waals surface area contributed by atoms with Crippen molar-refractivity contribution in [3.63, 3.8) is 0 Å². The molecule has 2 aromatic rings. The van der Waals surface area contributed by atoms with E-state index in [-0.39, 0.29) is 24.3 Å². The van der Waals surface area contributed by atoms with Crippen LogP contribution in [0.2, 0.25) is 0 Å². The topological polar surface area (TPSA) is 70.3 Å². The quantitative estimate of drug-likeness (QED) is 0.771. The lowest BCUT2D eigenvalue weighted by Gasteiger charge is -2.24. The Morgan fingerprint density at radius 2 is 1.89 bits per heavy atom. The summed E-state index contributed by atoms with van der Waals surface area (Å²) in [4.78, 5) is 7.93. The van der Waals surface area contributed by atoms with E-state index in [4.69, 9.17) is 15.2 Å². The Labute approximate surface area is 156 Å². The second-order valence-electron chi connectivity index (χ2n) is 7.25. The molecule has 148 valence electrons. The van der Waals surface area contributed by atoms with E-state index in [1.165, 1.54) is 31.5 Å². The molecule has 5 nitrogen and oxygen atoms in total. The number of nitrogens with zero attached hydrogens (tertiary/aromatic N) is 2. The number of methoxy groups -OCH3 is 1. The molecule has 0 amide bonds. The lowest BCUT2D eigenvalue weighted by atomic mass is 9.93. The van der Waals surface area contributed by atoms with Crippen LogP contribution in [-0.4, -0.2) is 29.2 Å². The first-order chi connectivity index (χ1) is 12.5. The maximum atomic E-state index is 13.5. The molecule has 8 heteroatoms. The highest BCUT2D eigenvalue weighted by Gasteiger charge is 2.35. The minimum absolute atomic E-state index is 0.0110. The first-order valence-electron chi connectivity index (χ1n) is 8.50. The van der Waals surface area contributed by atoms with Gasteiger partial charge in [-0.3, -0.25) is 0 Å². The Bertz CT molecular complexity index is 774. The van der Waals surface area contributed by atoms with Gasteiger partial charge < -0.3 is 15.2 Å². The average molecular weight is 383 g/mol. The number of benzene rings is 1. The molecule has 2 N–H and O–H groups in total. The van der Waals surface area contributed by atoms with Crippen LogP contribution in [0.25, 0.3) is 11.3 Å². The van der Waals surface area contributed by atoms with Crippen molar-refractivity contribution in [1.29, 1.82) is 0 Å². The van der Waals surface area contributed by atoms with Crippen LogP contribution in [0.3, 0.4) is 0 Å². The standard InChI is InChI=1S/C19H24F3N3O2/c1-12(10-18(2,3)23)11-27-16-6-5-13(9-14(16)19(20,21)22)15-7-8-24-17(25-15)26-4/h5-9,12H,10-11,23H2,1-4H3/t12-/m0/s1. The van der Waals surface area contributed by atoms with Crippen molar-refractivity contribution in [3.05, 3.63) is 36.0 Å². The fourth-order valence-electron chi connectivity index (χ4n) is 2.83. The molecule has 1 aromatic heterocycles. The summed E-state index contributed by atoms with van der Waals surface area (Å²) in [7, 11) is 1.39. The van der Waals surface area contributed by atoms with Crippen LogP contribution in [-0.2, 0) is 6.18 Å². The SMILES string of the molecule is COc1nccc(-c2ccc(OC[C@@H](C)CC(C)(C)N)c(C(F)(F)F)c2)n1. The second kappa shape index (κ2) is 8.12. The van der Waals surface area contributed by atoms with Crippen molar-refractivity contribution >= 4 is 0 Å². The molecule has 0 saturated carbocycles. The molecule has 2 rings (SSSR count). The molecule has 0 bridgehead atoms. The van der Waals surface area contributed by atoms with E-state index < -0.39 is 17.3 Å². The van der Waals surface area contributed by atoms with Gasteiger partial charge in [0.1, 0.15) is 5.75 Å². The summed E-state index contributed by atoms with van der Waals surface area (Å²) in [5.41, 5.74) is 5.32. The van der Waals surface area contributed by atoms with Crippen LogP contribution < -0.4 is 15.2 Å². The van der Waals surface area contributed by atoms with Crippen LogP contribution in [0.5, 0.6) is 11.8 Å². The Hall–Kier alpha value is -2.35. The highest BCUT2D eigenvalue weighted by Crippen LogP contribution is 2.39. The fraction of sp³-hybridized carbons (Fsp3) is 0.474. The van der Waals surface area contributed by atoms with Crippen molar-refractivity contribution < 1.29 is 22.6 Å². The number of alkyl halides is 3. The van der Waals surface area contributed by atoms with E-state index in [0.717, 1.165) is 6.07 Å². The maximum absolute atomic E-state index is 13.5. The van der Waals surface area contributed by atoms with Gasteiger partial charge in [0, 0.05) is 17.3 Å². The van der Waals surface area contributed by atoms with E-state index in [2.05, 4.69) is 9.97 Å². The summed E-state index contributed by atoms with van der Waals surface area (Å²) in [5, 5.41) is 0. The summed E-state index contributed by atoms with van der Waals surface area (Å²) < 4.78 is 51.0. The third-order valence-electron chi connectivity index (χ3n) is 3.79. The van der Waals surface area contributed by atoms with Crippen molar-refractivity contribution in [1.82, 2.24) is 9.97 Å². The third-order valence-corrected chi connectivity index (χ3v) is 3.79. The lowest BCUT2D eigenvalue weighted by Crippen LogP contribution is -2.35. The van der Waals surface area contributed by atoms with Crippen LogP contribution >= 0.6 is 0 Å². The zero-order chi connectivity index (χ0) is 20.2. The Kier molecular flexibility index (Phi) is 6.30. The van der Waals surface area contributed by atoms with E-state index in [1.54, 1.807) is 0 Å². The van der Waals surface area contributed by atoms with Gasteiger partial charge in [0.15, 0.2) is 0 Å². The number of rotatable bonds is 7. The molecule has 1 aromatic carbocycles. The van der Waals surface area contributed by atoms with Gasteiger partial charge in [0.05, 0.1) is 25.0 Å².